The maximum absolute atomic E-state index is 4.61. The number of anilines is 1. The Hall–Kier alpha value is -1.13. The molecular weight excluding hydrogens is 248 g/mol. The van der Waals surface area contributed by atoms with Gasteiger partial charge >= 0.3 is 0 Å². The number of aromatic nitrogens is 1. The van der Waals surface area contributed by atoms with Gasteiger partial charge in [-0.15, -0.1) is 0 Å². The van der Waals surface area contributed by atoms with Crippen molar-refractivity contribution in [2.75, 3.05) is 37.6 Å². The summed E-state index contributed by atoms with van der Waals surface area (Å²) < 4.78 is 0. The monoisotopic (exact) mass is 276 g/mol. The van der Waals surface area contributed by atoms with Crippen LogP contribution >= 0.6 is 0 Å². The van der Waals surface area contributed by atoms with Crippen molar-refractivity contribution in [2.45, 2.75) is 39.8 Å². The topological polar surface area (TPSA) is 31.4 Å². The van der Waals surface area contributed by atoms with Crippen LogP contribution in [0.2, 0.25) is 0 Å². The molecule has 2 rings (SSSR count). The van der Waals surface area contributed by atoms with Gasteiger partial charge in [-0.25, -0.2) is 4.98 Å². The van der Waals surface area contributed by atoms with Crippen molar-refractivity contribution < 1.29 is 0 Å². The fourth-order valence-electron chi connectivity index (χ4n) is 2.75. The van der Waals surface area contributed by atoms with E-state index in [1.54, 1.807) is 0 Å². The average molecular weight is 276 g/mol. The minimum Gasteiger partial charge on any atom is -0.354 e. The Labute approximate surface area is 123 Å². The highest BCUT2D eigenvalue weighted by atomic mass is 15.3. The van der Waals surface area contributed by atoms with E-state index in [-0.39, 0.29) is 0 Å². The van der Waals surface area contributed by atoms with Crippen molar-refractivity contribution in [1.29, 1.82) is 0 Å². The van der Waals surface area contributed by atoms with E-state index in [9.17, 15) is 0 Å². The van der Waals surface area contributed by atoms with Crippen LogP contribution in [0.15, 0.2) is 18.3 Å². The summed E-state index contributed by atoms with van der Waals surface area (Å²) in [5.74, 6) is 1.16. The van der Waals surface area contributed by atoms with Crippen LogP contribution in [0.3, 0.4) is 0 Å². The molecule has 4 nitrogen and oxygen atoms in total. The third kappa shape index (κ3) is 3.70. The molecule has 4 heteroatoms. The molecule has 1 N–H and O–H groups in total. The number of pyridine rings is 1. The van der Waals surface area contributed by atoms with E-state index in [1.807, 2.05) is 12.3 Å². The molecule has 2 heterocycles. The lowest BCUT2D eigenvalue weighted by atomic mass is 10.1. The smallest absolute Gasteiger partial charge is 0.133 e. The first-order valence-electron chi connectivity index (χ1n) is 7.89. The van der Waals surface area contributed by atoms with E-state index < -0.39 is 0 Å². The number of hydrogen-bond acceptors (Lipinski definition) is 4. The van der Waals surface area contributed by atoms with E-state index in [0.717, 1.165) is 45.1 Å². The van der Waals surface area contributed by atoms with Crippen molar-refractivity contribution in [3.63, 3.8) is 0 Å². The van der Waals surface area contributed by atoms with Crippen molar-refractivity contribution >= 4 is 5.82 Å². The van der Waals surface area contributed by atoms with Crippen LogP contribution in [0.1, 0.15) is 32.8 Å². The van der Waals surface area contributed by atoms with Gasteiger partial charge in [0.2, 0.25) is 0 Å². The summed E-state index contributed by atoms with van der Waals surface area (Å²) in [5, 5.41) is 3.40. The summed E-state index contributed by atoms with van der Waals surface area (Å²) in [6.45, 7) is 13.1. The predicted molar refractivity (Wildman–Crippen MR) is 85.2 cm³/mol. The molecule has 0 saturated carbocycles. The van der Waals surface area contributed by atoms with Gasteiger partial charge in [-0.05, 0) is 26.0 Å². The summed E-state index contributed by atoms with van der Waals surface area (Å²) in [4.78, 5) is 9.64. The molecular formula is C16H28N4. The second-order valence-electron chi connectivity index (χ2n) is 5.55. The second kappa shape index (κ2) is 7.60. The Morgan fingerprint density at radius 1 is 1.25 bits per heavy atom. The van der Waals surface area contributed by atoms with Gasteiger partial charge in [-0.2, -0.15) is 0 Å². The second-order valence-corrected chi connectivity index (χ2v) is 5.55. The molecule has 0 radical (unpaired) electrons. The molecule has 0 aliphatic carbocycles. The molecule has 1 aromatic heterocycles. The van der Waals surface area contributed by atoms with E-state index in [2.05, 4.69) is 46.9 Å². The van der Waals surface area contributed by atoms with Crippen molar-refractivity contribution in [1.82, 2.24) is 15.2 Å². The largest absolute Gasteiger partial charge is 0.354 e. The molecule has 1 saturated heterocycles. The van der Waals surface area contributed by atoms with Crippen LogP contribution < -0.4 is 10.2 Å². The lowest BCUT2D eigenvalue weighted by molar-refractivity contribution is 0.192. The molecule has 1 aliphatic heterocycles. The molecule has 1 unspecified atom stereocenters. The molecule has 0 spiro atoms. The third-order valence-electron chi connectivity index (χ3n) is 4.26. The van der Waals surface area contributed by atoms with Crippen molar-refractivity contribution in [3.05, 3.63) is 23.9 Å². The van der Waals surface area contributed by atoms with E-state index in [4.69, 9.17) is 0 Å². The fourth-order valence-corrected chi connectivity index (χ4v) is 2.75. The minimum atomic E-state index is 0.696. The summed E-state index contributed by atoms with van der Waals surface area (Å²) in [6, 6.07) is 4.92. The zero-order valence-corrected chi connectivity index (χ0v) is 13.1. The Bertz CT molecular complexity index is 399. The molecule has 1 aliphatic rings. The zero-order chi connectivity index (χ0) is 14.4. The van der Waals surface area contributed by atoms with Crippen LogP contribution in [0, 0.1) is 0 Å². The van der Waals surface area contributed by atoms with E-state index >= 15 is 0 Å². The van der Waals surface area contributed by atoms with Crippen LogP contribution in [-0.4, -0.2) is 48.6 Å². The predicted octanol–water partition coefficient (Wildman–Crippen LogP) is 2.11. The van der Waals surface area contributed by atoms with Crippen LogP contribution in [0.5, 0.6) is 0 Å². The maximum Gasteiger partial charge on any atom is 0.133 e. The first-order chi connectivity index (χ1) is 9.76. The molecule has 1 fully saturated rings. The molecule has 1 atom stereocenters. The number of hydrogen-bond donors (Lipinski definition) is 1. The normalized spacial score (nSPS) is 18.2. The van der Waals surface area contributed by atoms with Gasteiger partial charge in [-0.1, -0.05) is 19.9 Å². The average Bonchev–Trinajstić information content (AvgIpc) is 2.52. The quantitative estimate of drug-likeness (QED) is 0.862. The third-order valence-corrected chi connectivity index (χ3v) is 4.26. The van der Waals surface area contributed by atoms with E-state index in [0.29, 0.717) is 6.04 Å². The lowest BCUT2D eigenvalue weighted by Crippen LogP contribution is -2.50. The van der Waals surface area contributed by atoms with Crippen molar-refractivity contribution in [2.24, 2.45) is 0 Å². The Balaban J connectivity index is 1.99. The summed E-state index contributed by atoms with van der Waals surface area (Å²) >= 11 is 0. The van der Waals surface area contributed by atoms with Crippen molar-refractivity contribution in [3.8, 4) is 0 Å². The summed E-state index contributed by atoms with van der Waals surface area (Å²) in [7, 11) is 0. The highest BCUT2D eigenvalue weighted by Gasteiger charge is 2.22. The standard InChI is InChI=1S/C16H28N4/c1-4-14(3)19-9-11-20(12-10-19)16-15(13-17-5-2)7-6-8-18-16/h6-8,14,17H,4-5,9-13H2,1-3H3. The molecule has 20 heavy (non-hydrogen) atoms. The van der Waals surface area contributed by atoms with Gasteiger partial charge in [0.1, 0.15) is 5.82 Å². The summed E-state index contributed by atoms with van der Waals surface area (Å²) in [6.07, 6.45) is 3.14. The van der Waals surface area contributed by atoms with Gasteiger partial charge in [0.15, 0.2) is 0 Å². The summed E-state index contributed by atoms with van der Waals surface area (Å²) in [5.41, 5.74) is 1.31. The molecule has 0 aromatic carbocycles. The van der Waals surface area contributed by atoms with Crippen LogP contribution in [-0.2, 0) is 6.54 Å². The van der Waals surface area contributed by atoms with Gasteiger partial charge in [0.05, 0.1) is 0 Å². The molecule has 112 valence electrons. The zero-order valence-electron chi connectivity index (χ0n) is 13.1. The van der Waals surface area contributed by atoms with Gasteiger partial charge in [0.25, 0.3) is 0 Å². The Morgan fingerprint density at radius 2 is 2.00 bits per heavy atom. The van der Waals surface area contributed by atoms with Gasteiger partial charge < -0.3 is 10.2 Å². The highest BCUT2D eigenvalue weighted by Crippen LogP contribution is 2.19. The first kappa shape index (κ1) is 15.3. The van der Waals surface area contributed by atoms with Gasteiger partial charge in [0, 0.05) is 50.5 Å². The fraction of sp³-hybridized carbons (Fsp3) is 0.688. The van der Waals surface area contributed by atoms with Crippen LogP contribution in [0.4, 0.5) is 5.82 Å². The Morgan fingerprint density at radius 3 is 2.65 bits per heavy atom. The minimum absolute atomic E-state index is 0.696. The van der Waals surface area contributed by atoms with Crippen LogP contribution in [0.25, 0.3) is 0 Å². The molecule has 0 bridgehead atoms. The molecule has 0 amide bonds. The maximum atomic E-state index is 4.61. The lowest BCUT2D eigenvalue weighted by Gasteiger charge is -2.39. The first-order valence-corrected chi connectivity index (χ1v) is 7.89. The number of piperazine rings is 1. The molecule has 1 aromatic rings. The SMILES string of the molecule is CCNCc1cccnc1N1CCN(C(C)CC)CC1. The van der Waals surface area contributed by atoms with Gasteiger partial charge in [-0.3, -0.25) is 4.90 Å². The highest BCUT2D eigenvalue weighted by molar-refractivity contribution is 5.47. The Kier molecular flexibility index (Phi) is 5.80. The number of rotatable bonds is 6. The number of nitrogens with one attached hydrogen (secondary N) is 1. The van der Waals surface area contributed by atoms with E-state index in [1.165, 1.54) is 12.0 Å². The number of nitrogens with zero attached hydrogens (tertiary/aromatic N) is 3.